The number of nitrogens with one attached hydrogen (secondary N) is 1. The predicted molar refractivity (Wildman–Crippen MR) is 115 cm³/mol. The normalized spacial score (nSPS) is 13.9. The molecule has 0 saturated carbocycles. The number of hydrogen-bond donors (Lipinski definition) is 1. The van der Waals surface area contributed by atoms with Crippen molar-refractivity contribution in [2.45, 2.75) is 32.6 Å². The number of hydrogen-bond acceptors (Lipinski definition) is 3. The molecule has 0 bridgehead atoms. The Balaban J connectivity index is 1.59. The van der Waals surface area contributed by atoms with Gasteiger partial charge >= 0.3 is 0 Å². The summed E-state index contributed by atoms with van der Waals surface area (Å²) in [5.74, 6) is -0.219. The van der Waals surface area contributed by atoms with Crippen LogP contribution in [0.3, 0.4) is 0 Å². The predicted octanol–water partition coefficient (Wildman–Crippen LogP) is 4.71. The van der Waals surface area contributed by atoms with Crippen LogP contribution in [0.4, 0.5) is 17.1 Å². The lowest BCUT2D eigenvalue weighted by molar-refractivity contribution is -0.117. The zero-order chi connectivity index (χ0) is 19.9. The number of carbonyl (C=O) groups is 2. The first kappa shape index (κ1) is 20.2. The van der Waals surface area contributed by atoms with Gasteiger partial charge in [0.1, 0.15) is 0 Å². The van der Waals surface area contributed by atoms with E-state index in [1.807, 2.05) is 12.1 Å². The van der Waals surface area contributed by atoms with E-state index in [0.29, 0.717) is 17.3 Å². The van der Waals surface area contributed by atoms with Crippen molar-refractivity contribution in [2.75, 3.05) is 34.8 Å². The van der Waals surface area contributed by atoms with E-state index in [2.05, 4.69) is 22.3 Å². The van der Waals surface area contributed by atoms with E-state index < -0.39 is 0 Å². The average Bonchev–Trinajstić information content (AvgIpc) is 2.71. The Morgan fingerprint density at radius 2 is 1.64 bits per heavy atom. The Hall–Kier alpha value is -2.53. The summed E-state index contributed by atoms with van der Waals surface area (Å²) in [7, 11) is 0. The monoisotopic (exact) mass is 399 g/mol. The van der Waals surface area contributed by atoms with Gasteiger partial charge in [-0.2, -0.15) is 0 Å². The van der Waals surface area contributed by atoms with Crippen molar-refractivity contribution in [3.8, 4) is 0 Å². The smallest absolute Gasteiger partial charge is 0.226 e. The molecule has 1 aliphatic rings. The largest absolute Gasteiger partial charge is 0.372 e. The third-order valence-corrected chi connectivity index (χ3v) is 5.21. The molecule has 2 aromatic rings. The summed E-state index contributed by atoms with van der Waals surface area (Å²) in [5, 5.41) is 3.44. The first-order valence-electron chi connectivity index (χ1n) is 9.71. The molecule has 0 spiro atoms. The molecule has 3 rings (SSSR count). The van der Waals surface area contributed by atoms with Gasteiger partial charge in [0, 0.05) is 55.1 Å². The van der Waals surface area contributed by atoms with Gasteiger partial charge in [0.15, 0.2) is 0 Å². The highest BCUT2D eigenvalue weighted by molar-refractivity contribution is 6.30. The van der Waals surface area contributed by atoms with E-state index >= 15 is 0 Å². The Morgan fingerprint density at radius 3 is 2.25 bits per heavy atom. The number of anilines is 3. The van der Waals surface area contributed by atoms with Crippen LogP contribution >= 0.6 is 11.6 Å². The highest BCUT2D eigenvalue weighted by Gasteiger charge is 2.15. The highest BCUT2D eigenvalue weighted by atomic mass is 35.5. The van der Waals surface area contributed by atoms with Crippen LogP contribution in [0.15, 0.2) is 48.5 Å². The lowest BCUT2D eigenvalue weighted by atomic mass is 10.1. The average molecular weight is 400 g/mol. The van der Waals surface area contributed by atoms with E-state index in [-0.39, 0.29) is 18.2 Å². The molecule has 0 unspecified atom stereocenters. The van der Waals surface area contributed by atoms with Gasteiger partial charge in [-0.05, 0) is 67.8 Å². The Morgan fingerprint density at radius 1 is 1.00 bits per heavy atom. The summed E-state index contributed by atoms with van der Waals surface area (Å²) in [6.45, 7) is 4.02. The highest BCUT2D eigenvalue weighted by Crippen LogP contribution is 2.24. The summed E-state index contributed by atoms with van der Waals surface area (Å²) >= 11 is 5.85. The summed E-state index contributed by atoms with van der Waals surface area (Å²) in [5.41, 5.74) is 2.69. The second kappa shape index (κ2) is 9.60. The third kappa shape index (κ3) is 5.49. The van der Waals surface area contributed by atoms with Crippen LogP contribution in [0.1, 0.15) is 32.6 Å². The van der Waals surface area contributed by atoms with Crippen molar-refractivity contribution < 1.29 is 9.59 Å². The zero-order valence-electron chi connectivity index (χ0n) is 16.2. The van der Waals surface area contributed by atoms with Gasteiger partial charge in [0.2, 0.25) is 11.8 Å². The van der Waals surface area contributed by atoms with Crippen molar-refractivity contribution in [1.29, 1.82) is 0 Å². The molecule has 1 heterocycles. The molecule has 5 nitrogen and oxygen atoms in total. The summed E-state index contributed by atoms with van der Waals surface area (Å²) in [6.07, 6.45) is 3.97. The van der Waals surface area contributed by atoms with E-state index in [0.717, 1.165) is 18.8 Å². The maximum atomic E-state index is 12.2. The standard InChI is InChI=1S/C22H26ClN3O2/c1-17(27)26(16-13-22(28)24-19-7-5-18(23)6-8-19)21-11-9-20(10-12-21)25-14-3-2-4-15-25/h5-12H,2-4,13-16H2,1H3,(H,24,28). The molecule has 2 amide bonds. The molecule has 6 heteroatoms. The maximum absolute atomic E-state index is 12.2. The second-order valence-electron chi connectivity index (χ2n) is 7.04. The topological polar surface area (TPSA) is 52.7 Å². The van der Waals surface area contributed by atoms with Crippen molar-refractivity contribution in [3.05, 3.63) is 53.6 Å². The zero-order valence-corrected chi connectivity index (χ0v) is 16.9. The van der Waals surface area contributed by atoms with Crippen molar-refractivity contribution in [2.24, 2.45) is 0 Å². The van der Waals surface area contributed by atoms with Crippen LogP contribution in [0, 0.1) is 0 Å². The summed E-state index contributed by atoms with van der Waals surface area (Å²) in [4.78, 5) is 28.4. The van der Waals surface area contributed by atoms with Crippen molar-refractivity contribution in [1.82, 2.24) is 0 Å². The quantitative estimate of drug-likeness (QED) is 0.765. The summed E-state index contributed by atoms with van der Waals surface area (Å²) < 4.78 is 0. The number of halogens is 1. The second-order valence-corrected chi connectivity index (χ2v) is 7.48. The van der Waals surface area contributed by atoms with E-state index in [9.17, 15) is 9.59 Å². The molecule has 28 heavy (non-hydrogen) atoms. The van der Waals surface area contributed by atoms with Crippen LogP contribution in [-0.2, 0) is 9.59 Å². The number of carbonyl (C=O) groups excluding carboxylic acids is 2. The lowest BCUT2D eigenvalue weighted by Crippen LogP contribution is -2.32. The molecule has 0 aliphatic carbocycles. The minimum absolute atomic E-state index is 0.0787. The third-order valence-electron chi connectivity index (χ3n) is 4.95. The maximum Gasteiger partial charge on any atom is 0.226 e. The van der Waals surface area contributed by atoms with Crippen LogP contribution in [0.25, 0.3) is 0 Å². The van der Waals surface area contributed by atoms with Gasteiger partial charge in [0.25, 0.3) is 0 Å². The van der Waals surface area contributed by atoms with Gasteiger partial charge in [-0.15, -0.1) is 0 Å². The number of amides is 2. The van der Waals surface area contributed by atoms with Crippen LogP contribution in [-0.4, -0.2) is 31.4 Å². The molecule has 0 atom stereocenters. The molecule has 1 saturated heterocycles. The first-order valence-corrected chi connectivity index (χ1v) is 10.1. The Labute approximate surface area is 171 Å². The van der Waals surface area contributed by atoms with Gasteiger partial charge in [-0.1, -0.05) is 11.6 Å². The lowest BCUT2D eigenvalue weighted by Gasteiger charge is -2.29. The molecule has 1 fully saturated rings. The molecule has 148 valence electrons. The fourth-order valence-corrected chi connectivity index (χ4v) is 3.56. The van der Waals surface area contributed by atoms with Gasteiger partial charge in [-0.25, -0.2) is 0 Å². The van der Waals surface area contributed by atoms with Crippen molar-refractivity contribution in [3.63, 3.8) is 0 Å². The number of rotatable bonds is 6. The summed E-state index contributed by atoms with van der Waals surface area (Å²) in [6, 6.07) is 15.0. The van der Waals surface area contributed by atoms with E-state index in [1.165, 1.54) is 31.9 Å². The molecule has 1 aliphatic heterocycles. The first-order chi connectivity index (χ1) is 13.5. The molecule has 0 radical (unpaired) electrons. The van der Waals surface area contributed by atoms with E-state index in [1.54, 1.807) is 29.2 Å². The van der Waals surface area contributed by atoms with Gasteiger partial charge in [-0.3, -0.25) is 9.59 Å². The van der Waals surface area contributed by atoms with E-state index in [4.69, 9.17) is 11.6 Å². The van der Waals surface area contributed by atoms with Gasteiger partial charge < -0.3 is 15.1 Å². The fourth-order valence-electron chi connectivity index (χ4n) is 3.43. The SMILES string of the molecule is CC(=O)N(CCC(=O)Nc1ccc(Cl)cc1)c1ccc(N2CCCCC2)cc1. The number of piperidine rings is 1. The minimum atomic E-state index is -0.140. The fraction of sp³-hybridized carbons (Fsp3) is 0.364. The van der Waals surface area contributed by atoms with Crippen molar-refractivity contribution >= 4 is 40.5 Å². The van der Waals surface area contributed by atoms with Crippen LogP contribution in [0.5, 0.6) is 0 Å². The van der Waals surface area contributed by atoms with Crippen LogP contribution in [0.2, 0.25) is 5.02 Å². The Bertz CT molecular complexity index is 800. The van der Waals surface area contributed by atoms with Gasteiger partial charge in [0.05, 0.1) is 0 Å². The van der Waals surface area contributed by atoms with Crippen LogP contribution < -0.4 is 15.1 Å². The Kier molecular flexibility index (Phi) is 6.93. The number of nitrogens with zero attached hydrogens (tertiary/aromatic N) is 2. The minimum Gasteiger partial charge on any atom is -0.372 e. The molecule has 1 N–H and O–H groups in total. The molecule has 2 aromatic carbocycles. The number of benzene rings is 2. The molecular weight excluding hydrogens is 374 g/mol. The molecule has 0 aromatic heterocycles. The molecular formula is C22H26ClN3O2.